The van der Waals surface area contributed by atoms with E-state index in [4.69, 9.17) is 0 Å². The molecule has 4 amide bonds. The summed E-state index contributed by atoms with van der Waals surface area (Å²) < 4.78 is 2.14. The number of hydrogen-bond acceptors (Lipinski definition) is 6. The highest BCUT2D eigenvalue weighted by Crippen LogP contribution is 2.30. The molecule has 11 nitrogen and oxygen atoms in total. The van der Waals surface area contributed by atoms with E-state index in [0.717, 1.165) is 62.5 Å². The summed E-state index contributed by atoms with van der Waals surface area (Å²) in [6.07, 6.45) is 10.4. The van der Waals surface area contributed by atoms with E-state index in [1.54, 1.807) is 4.90 Å². The van der Waals surface area contributed by atoms with Crippen molar-refractivity contribution in [2.45, 2.75) is 129 Å². The lowest BCUT2D eigenvalue weighted by Crippen LogP contribution is -2.62. The highest BCUT2D eigenvalue weighted by molar-refractivity contribution is 6.00. The summed E-state index contributed by atoms with van der Waals surface area (Å²) in [6.45, 7) is 8.89. The van der Waals surface area contributed by atoms with Crippen LogP contribution in [-0.2, 0) is 30.6 Å². The normalized spacial score (nSPS) is 25.1. The smallest absolute Gasteiger partial charge is 0.247 e. The van der Waals surface area contributed by atoms with Gasteiger partial charge < -0.3 is 25.4 Å². The van der Waals surface area contributed by atoms with Crippen molar-refractivity contribution in [3.05, 3.63) is 36.0 Å². The van der Waals surface area contributed by atoms with Crippen LogP contribution in [0.15, 0.2) is 30.5 Å². The van der Waals surface area contributed by atoms with Crippen LogP contribution in [0, 0.1) is 5.92 Å². The van der Waals surface area contributed by atoms with E-state index in [-0.39, 0.29) is 23.5 Å². The van der Waals surface area contributed by atoms with E-state index in [1.165, 1.54) is 0 Å². The number of rotatable bonds is 12. The van der Waals surface area contributed by atoms with Crippen LogP contribution in [-0.4, -0.2) is 81.5 Å². The molecule has 2 aromatic rings. The minimum Gasteiger partial charge on any atom is -0.343 e. The van der Waals surface area contributed by atoms with E-state index in [9.17, 15) is 24.0 Å². The van der Waals surface area contributed by atoms with E-state index < -0.39 is 36.0 Å². The van der Waals surface area contributed by atoms with Crippen LogP contribution in [0.3, 0.4) is 0 Å². The number of Topliss-reactive ketones (excluding diaryl/α,β-unsaturated/α-hetero) is 1. The third-order valence-corrected chi connectivity index (χ3v) is 10.6. The molecule has 0 radical (unpaired) electrons. The first-order valence-corrected chi connectivity index (χ1v) is 18.2. The lowest BCUT2D eigenvalue weighted by molar-refractivity contribution is -0.147. The number of aromatic nitrogens is 1. The van der Waals surface area contributed by atoms with Crippen LogP contribution >= 0.6 is 0 Å². The number of piperidine rings is 1. The second-order valence-electron chi connectivity index (χ2n) is 13.9. The molecule has 48 heavy (non-hydrogen) atoms. The fraction of sp³-hybridized carbons (Fsp3) is 0.649. The molecular formula is C37H54N6O5. The van der Waals surface area contributed by atoms with Gasteiger partial charge in [-0.2, -0.15) is 0 Å². The summed E-state index contributed by atoms with van der Waals surface area (Å²) in [5.41, 5.74) is 1.62. The zero-order valence-electron chi connectivity index (χ0n) is 29.0. The van der Waals surface area contributed by atoms with E-state index in [0.29, 0.717) is 57.3 Å². The van der Waals surface area contributed by atoms with Gasteiger partial charge in [0.1, 0.15) is 30.0 Å². The second-order valence-corrected chi connectivity index (χ2v) is 13.9. The van der Waals surface area contributed by atoms with E-state index in [2.05, 4.69) is 25.4 Å². The first-order valence-electron chi connectivity index (χ1n) is 18.2. The third kappa shape index (κ3) is 8.28. The van der Waals surface area contributed by atoms with Gasteiger partial charge in [-0.05, 0) is 70.0 Å². The number of hydrogen-bond donors (Lipinski definition) is 3. The van der Waals surface area contributed by atoms with E-state index in [1.807, 2.05) is 51.2 Å². The van der Waals surface area contributed by atoms with Gasteiger partial charge in [-0.15, -0.1) is 0 Å². The number of ketones is 1. The maximum atomic E-state index is 14.4. The van der Waals surface area contributed by atoms with Crippen molar-refractivity contribution in [2.75, 3.05) is 19.6 Å². The first-order chi connectivity index (χ1) is 23.2. The van der Waals surface area contributed by atoms with Crippen LogP contribution < -0.4 is 16.0 Å². The second kappa shape index (κ2) is 16.6. The Hall–Kier alpha value is -3.73. The van der Waals surface area contributed by atoms with Crippen molar-refractivity contribution in [1.29, 1.82) is 0 Å². The number of benzene rings is 1. The first kappa shape index (κ1) is 35.6. The highest BCUT2D eigenvalue weighted by atomic mass is 16.2. The quantitative estimate of drug-likeness (QED) is 0.292. The van der Waals surface area contributed by atoms with E-state index >= 15 is 0 Å². The number of fused-ring (bicyclic) bond motifs is 2. The van der Waals surface area contributed by atoms with Gasteiger partial charge in [0, 0.05) is 42.0 Å². The average Bonchev–Trinajstić information content (AvgIpc) is 3.75. The standard InChI is InChI=1S/C37H54N6O5/c1-4-25(3)32-37(48)43-22-12-11-19-31(43)35(46)38-29(17-8-6-7-15-26(44)5-2)34(45)40-33(36(47)39-32)28-23-42(24-41-20-13-14-21-41)30-18-10-9-16-27(28)30/h9-10,16,18,23,25,29,31-33H,4-8,11-15,17,19-22,24H2,1-3H3,(H,38,46)(H,39,47)(H,40,45)/t25?,29-,31+,32?,33-/m0/s1. The number of carbonyl (C=O) groups excluding carboxylic acids is 5. The summed E-state index contributed by atoms with van der Waals surface area (Å²) in [6, 6.07) is 4.37. The number of carbonyl (C=O) groups is 5. The fourth-order valence-electron chi connectivity index (χ4n) is 7.42. The lowest BCUT2D eigenvalue weighted by Gasteiger charge is -2.39. The predicted molar refractivity (Wildman–Crippen MR) is 185 cm³/mol. The highest BCUT2D eigenvalue weighted by Gasteiger charge is 2.41. The molecule has 3 saturated heterocycles. The number of amides is 4. The van der Waals surface area contributed by atoms with Crippen LogP contribution in [0.25, 0.3) is 10.9 Å². The maximum absolute atomic E-state index is 14.4. The van der Waals surface area contributed by atoms with Crippen molar-refractivity contribution in [1.82, 2.24) is 30.3 Å². The number of nitrogens with zero attached hydrogens (tertiary/aromatic N) is 3. The number of para-hydroxylation sites is 1. The molecule has 5 rings (SSSR count). The van der Waals surface area contributed by atoms with Crippen molar-refractivity contribution in [3.8, 4) is 0 Å². The summed E-state index contributed by atoms with van der Waals surface area (Å²) in [5, 5.41) is 9.94. The number of nitrogens with one attached hydrogen (secondary N) is 3. The molecular weight excluding hydrogens is 608 g/mol. The zero-order chi connectivity index (χ0) is 34.2. The Morgan fingerprint density at radius 1 is 0.875 bits per heavy atom. The molecule has 0 bridgehead atoms. The summed E-state index contributed by atoms with van der Waals surface area (Å²) in [7, 11) is 0. The molecule has 3 aliphatic heterocycles. The Balaban J connectivity index is 1.51. The minimum absolute atomic E-state index is 0.185. The SMILES string of the molecule is CCC(=O)CCCCC[C@@H]1NC(=O)[C@H]2CCCCN2C(=O)C(C(C)CC)NC(=O)[C@H](c2cn(CN3CCCC3)c3ccccc23)NC1=O. The Labute approximate surface area is 284 Å². The molecule has 11 heteroatoms. The fourth-order valence-corrected chi connectivity index (χ4v) is 7.42. The predicted octanol–water partition coefficient (Wildman–Crippen LogP) is 4.19. The summed E-state index contributed by atoms with van der Waals surface area (Å²) >= 11 is 0. The monoisotopic (exact) mass is 662 g/mol. The number of likely N-dealkylation sites (tertiary alicyclic amines) is 1. The van der Waals surface area contributed by atoms with Gasteiger partial charge >= 0.3 is 0 Å². The molecule has 0 saturated carbocycles. The van der Waals surface area contributed by atoms with Gasteiger partial charge in [0.15, 0.2) is 0 Å². The third-order valence-electron chi connectivity index (χ3n) is 10.6. The molecule has 5 atom stereocenters. The number of unbranched alkanes of at least 4 members (excludes halogenated alkanes) is 2. The molecule has 3 fully saturated rings. The Morgan fingerprint density at radius 2 is 1.62 bits per heavy atom. The van der Waals surface area contributed by atoms with Crippen LogP contribution in [0.1, 0.15) is 109 Å². The largest absolute Gasteiger partial charge is 0.343 e. The topological polar surface area (TPSA) is 133 Å². The molecule has 2 unspecified atom stereocenters. The molecule has 0 aliphatic carbocycles. The van der Waals surface area contributed by atoms with Gasteiger partial charge in [-0.1, -0.05) is 58.2 Å². The van der Waals surface area contributed by atoms with Gasteiger partial charge in [0.05, 0.1) is 6.67 Å². The summed E-state index contributed by atoms with van der Waals surface area (Å²) in [5.74, 6) is -1.44. The molecule has 3 N–H and O–H groups in total. The van der Waals surface area contributed by atoms with Crippen molar-refractivity contribution in [3.63, 3.8) is 0 Å². The van der Waals surface area contributed by atoms with Crippen LogP contribution in [0.5, 0.6) is 0 Å². The van der Waals surface area contributed by atoms with Crippen LogP contribution in [0.2, 0.25) is 0 Å². The van der Waals surface area contributed by atoms with Crippen molar-refractivity contribution < 1.29 is 24.0 Å². The van der Waals surface area contributed by atoms with Gasteiger partial charge in [0.2, 0.25) is 23.6 Å². The molecule has 1 aromatic carbocycles. The van der Waals surface area contributed by atoms with Crippen LogP contribution in [0.4, 0.5) is 0 Å². The summed E-state index contributed by atoms with van der Waals surface area (Å²) in [4.78, 5) is 72.5. The van der Waals surface area contributed by atoms with Crippen molar-refractivity contribution >= 4 is 40.3 Å². The Kier molecular flexibility index (Phi) is 12.3. The van der Waals surface area contributed by atoms with Gasteiger partial charge in [0.25, 0.3) is 0 Å². The van der Waals surface area contributed by atoms with Gasteiger partial charge in [-0.3, -0.25) is 28.9 Å². The average molecular weight is 663 g/mol. The lowest BCUT2D eigenvalue weighted by atomic mass is 9.93. The molecule has 4 heterocycles. The molecule has 262 valence electrons. The van der Waals surface area contributed by atoms with Gasteiger partial charge in [-0.25, -0.2) is 0 Å². The molecule has 0 spiro atoms. The van der Waals surface area contributed by atoms with Crippen molar-refractivity contribution in [2.24, 2.45) is 5.92 Å². The Bertz CT molecular complexity index is 1470. The Morgan fingerprint density at radius 3 is 2.38 bits per heavy atom. The molecule has 1 aromatic heterocycles. The minimum atomic E-state index is -1.08. The maximum Gasteiger partial charge on any atom is 0.247 e. The zero-order valence-corrected chi connectivity index (χ0v) is 29.0. The molecule has 3 aliphatic rings.